The molecule has 2 N–H and O–H groups in total. The molecular weight excluding hydrogens is 323 g/mol. The van der Waals surface area contributed by atoms with Gasteiger partial charge in [-0.2, -0.15) is 0 Å². The van der Waals surface area contributed by atoms with Crippen LogP contribution in [0.2, 0.25) is 0 Å². The SMILES string of the molecule is O=P(O)(O)CS(=O)(=O)c1ccc(C#Cc2ccccc2)cc1. The van der Waals surface area contributed by atoms with E-state index >= 15 is 0 Å². The predicted octanol–water partition coefficient (Wildman–Crippen LogP) is 2.00. The molecule has 0 bridgehead atoms. The van der Waals surface area contributed by atoms with E-state index in [9.17, 15) is 13.0 Å². The first-order valence-electron chi connectivity index (χ1n) is 6.21. The van der Waals surface area contributed by atoms with E-state index < -0.39 is 22.9 Å². The fourth-order valence-corrected chi connectivity index (χ4v) is 4.63. The Balaban J connectivity index is 2.21. The Morgan fingerprint density at radius 2 is 1.36 bits per heavy atom. The summed E-state index contributed by atoms with van der Waals surface area (Å²) < 4.78 is 34.5. The van der Waals surface area contributed by atoms with Crippen molar-refractivity contribution in [3.63, 3.8) is 0 Å². The molecule has 0 aliphatic rings. The summed E-state index contributed by atoms with van der Waals surface area (Å²) in [4.78, 5) is 17.4. The molecule has 0 spiro atoms. The minimum atomic E-state index is -4.63. The zero-order valence-corrected chi connectivity index (χ0v) is 13.1. The van der Waals surface area contributed by atoms with Gasteiger partial charge in [-0.1, -0.05) is 30.0 Å². The molecule has 0 heterocycles. The van der Waals surface area contributed by atoms with Crippen molar-refractivity contribution in [2.45, 2.75) is 4.90 Å². The molecule has 22 heavy (non-hydrogen) atoms. The first kappa shape index (κ1) is 16.5. The average Bonchev–Trinajstić information content (AvgIpc) is 2.44. The molecule has 2 aromatic rings. The van der Waals surface area contributed by atoms with Crippen molar-refractivity contribution in [1.29, 1.82) is 0 Å². The lowest BCUT2D eigenvalue weighted by Crippen LogP contribution is -2.07. The monoisotopic (exact) mass is 336 g/mol. The van der Waals surface area contributed by atoms with Crippen LogP contribution >= 0.6 is 7.60 Å². The highest BCUT2D eigenvalue weighted by Crippen LogP contribution is 2.37. The van der Waals surface area contributed by atoms with E-state index in [4.69, 9.17) is 9.79 Å². The second kappa shape index (κ2) is 6.47. The predicted molar refractivity (Wildman–Crippen MR) is 83.0 cm³/mol. The quantitative estimate of drug-likeness (QED) is 0.661. The molecule has 0 atom stereocenters. The highest BCUT2D eigenvalue weighted by molar-refractivity contribution is 7.97. The van der Waals surface area contributed by atoms with Gasteiger partial charge in [0.2, 0.25) is 0 Å². The summed E-state index contributed by atoms with van der Waals surface area (Å²) in [6.45, 7) is 0. The minimum Gasteiger partial charge on any atom is -0.324 e. The molecule has 0 saturated carbocycles. The van der Waals surface area contributed by atoms with Gasteiger partial charge in [0, 0.05) is 11.1 Å². The van der Waals surface area contributed by atoms with E-state index in [-0.39, 0.29) is 4.90 Å². The van der Waals surface area contributed by atoms with Crippen LogP contribution < -0.4 is 0 Å². The van der Waals surface area contributed by atoms with E-state index in [1.54, 1.807) is 0 Å². The molecule has 0 aliphatic carbocycles. The topological polar surface area (TPSA) is 91.7 Å². The summed E-state index contributed by atoms with van der Waals surface area (Å²) in [5, 5.41) is 0. The third-order valence-electron chi connectivity index (χ3n) is 2.68. The summed E-state index contributed by atoms with van der Waals surface area (Å²) in [6.07, 6.45) is 0. The first-order chi connectivity index (χ1) is 10.3. The van der Waals surface area contributed by atoms with Crippen LogP contribution in [0.5, 0.6) is 0 Å². The van der Waals surface area contributed by atoms with Crippen molar-refractivity contribution in [1.82, 2.24) is 0 Å². The Hall–Kier alpha value is -1.90. The van der Waals surface area contributed by atoms with Gasteiger partial charge < -0.3 is 9.79 Å². The maximum atomic E-state index is 11.8. The van der Waals surface area contributed by atoms with Gasteiger partial charge in [0.15, 0.2) is 15.3 Å². The summed E-state index contributed by atoms with van der Waals surface area (Å²) in [5.41, 5.74) is 0.245. The fraction of sp³-hybridized carbons (Fsp3) is 0.0667. The second-order valence-corrected chi connectivity index (χ2v) is 8.61. The minimum absolute atomic E-state index is 0.138. The standard InChI is InChI=1S/C15H13O5PS/c16-21(17,18)12-22(19,20)15-10-8-14(9-11-15)7-6-13-4-2-1-3-5-13/h1-5,8-11H,12H2,(H2,16,17,18). The van der Waals surface area contributed by atoms with E-state index in [0.29, 0.717) is 5.56 Å². The number of benzene rings is 2. The first-order valence-corrected chi connectivity index (χ1v) is 9.66. The molecule has 2 aromatic carbocycles. The number of rotatable bonds is 3. The molecule has 0 amide bonds. The van der Waals surface area contributed by atoms with E-state index in [1.807, 2.05) is 30.3 Å². The van der Waals surface area contributed by atoms with Crippen molar-refractivity contribution in [2.75, 3.05) is 5.49 Å². The number of hydrogen-bond donors (Lipinski definition) is 2. The molecule has 0 aliphatic heterocycles. The Kier molecular flexibility index (Phi) is 4.84. The molecule has 0 saturated heterocycles. The normalized spacial score (nSPS) is 11.5. The number of sulfone groups is 1. The number of hydrogen-bond acceptors (Lipinski definition) is 3. The Morgan fingerprint density at radius 3 is 1.86 bits per heavy atom. The molecular formula is C15H13O5PS. The summed E-state index contributed by atoms with van der Waals surface area (Å²) >= 11 is 0. The molecule has 5 nitrogen and oxygen atoms in total. The van der Waals surface area contributed by atoms with Gasteiger partial charge in [0.1, 0.15) is 0 Å². The molecule has 0 fully saturated rings. The van der Waals surface area contributed by atoms with E-state index in [1.165, 1.54) is 24.3 Å². The van der Waals surface area contributed by atoms with Crippen molar-refractivity contribution < 1.29 is 22.8 Å². The zero-order valence-electron chi connectivity index (χ0n) is 11.4. The molecule has 0 radical (unpaired) electrons. The molecule has 0 aromatic heterocycles. The Bertz CT molecular complexity index is 856. The lowest BCUT2D eigenvalue weighted by Gasteiger charge is -2.05. The molecule has 7 heteroatoms. The highest BCUT2D eigenvalue weighted by Gasteiger charge is 2.26. The highest BCUT2D eigenvalue weighted by atomic mass is 32.2. The van der Waals surface area contributed by atoms with Crippen molar-refractivity contribution in [2.24, 2.45) is 0 Å². The van der Waals surface area contributed by atoms with Gasteiger partial charge in [0.25, 0.3) is 0 Å². The van der Waals surface area contributed by atoms with E-state index in [2.05, 4.69) is 11.8 Å². The average molecular weight is 336 g/mol. The zero-order chi connectivity index (χ0) is 16.2. The van der Waals surface area contributed by atoms with Gasteiger partial charge in [-0.05, 0) is 36.4 Å². The third kappa shape index (κ3) is 4.83. The van der Waals surface area contributed by atoms with Gasteiger partial charge >= 0.3 is 7.60 Å². The van der Waals surface area contributed by atoms with Gasteiger partial charge in [-0.3, -0.25) is 4.57 Å². The summed E-state index contributed by atoms with van der Waals surface area (Å²) in [6, 6.07) is 14.9. The Labute approximate surface area is 128 Å². The van der Waals surface area contributed by atoms with Crippen molar-refractivity contribution in [3.05, 3.63) is 65.7 Å². The van der Waals surface area contributed by atoms with Gasteiger partial charge in [-0.15, -0.1) is 0 Å². The lowest BCUT2D eigenvalue weighted by molar-refractivity contribution is 0.378. The van der Waals surface area contributed by atoms with Gasteiger partial charge in [-0.25, -0.2) is 8.42 Å². The second-order valence-electron chi connectivity index (χ2n) is 4.55. The largest absolute Gasteiger partial charge is 0.340 e. The fourth-order valence-electron chi connectivity index (χ4n) is 1.71. The van der Waals surface area contributed by atoms with Crippen LogP contribution in [-0.2, 0) is 14.4 Å². The van der Waals surface area contributed by atoms with Crippen molar-refractivity contribution in [3.8, 4) is 11.8 Å². The van der Waals surface area contributed by atoms with Crippen LogP contribution in [0.3, 0.4) is 0 Å². The molecule has 0 unspecified atom stereocenters. The Morgan fingerprint density at radius 1 is 0.864 bits per heavy atom. The van der Waals surface area contributed by atoms with Crippen LogP contribution in [-0.4, -0.2) is 23.7 Å². The third-order valence-corrected chi connectivity index (χ3v) is 6.37. The van der Waals surface area contributed by atoms with Crippen molar-refractivity contribution >= 4 is 17.4 Å². The van der Waals surface area contributed by atoms with Gasteiger partial charge in [0.05, 0.1) is 4.90 Å². The summed E-state index contributed by atoms with van der Waals surface area (Å²) in [5.74, 6) is 5.82. The van der Waals surface area contributed by atoms with Crippen LogP contribution in [0.15, 0.2) is 59.5 Å². The maximum Gasteiger partial charge on any atom is 0.340 e. The van der Waals surface area contributed by atoms with Crippen LogP contribution in [0.4, 0.5) is 0 Å². The van der Waals surface area contributed by atoms with Crippen LogP contribution in [0, 0.1) is 11.8 Å². The maximum absolute atomic E-state index is 11.8. The van der Waals surface area contributed by atoms with E-state index in [0.717, 1.165) is 5.56 Å². The molecule has 114 valence electrons. The lowest BCUT2D eigenvalue weighted by atomic mass is 10.2. The van der Waals surface area contributed by atoms with Crippen LogP contribution in [0.25, 0.3) is 0 Å². The summed E-state index contributed by atoms with van der Waals surface area (Å²) in [7, 11) is -8.65. The molecule has 2 rings (SSSR count). The smallest absolute Gasteiger partial charge is 0.324 e. The van der Waals surface area contributed by atoms with Crippen LogP contribution in [0.1, 0.15) is 11.1 Å².